The number of aryl methyl sites for hydroxylation is 3. The van der Waals surface area contributed by atoms with Crippen LogP contribution in [0.4, 0.5) is 0 Å². The second-order valence-corrected chi connectivity index (χ2v) is 13.5. The van der Waals surface area contributed by atoms with Crippen molar-refractivity contribution in [3.05, 3.63) is 110 Å². The van der Waals surface area contributed by atoms with E-state index in [1.165, 1.54) is 19.3 Å². The Balaban J connectivity index is 0.000000292. The van der Waals surface area contributed by atoms with E-state index in [4.69, 9.17) is 28.3 Å². The molecule has 4 N–H and O–H groups in total. The van der Waals surface area contributed by atoms with Gasteiger partial charge in [-0.3, -0.25) is 0 Å². The summed E-state index contributed by atoms with van der Waals surface area (Å²) in [5.41, 5.74) is 4.57. The van der Waals surface area contributed by atoms with E-state index in [1.54, 1.807) is 37.3 Å². The summed E-state index contributed by atoms with van der Waals surface area (Å²) in [6, 6.07) is 16.2. The van der Waals surface area contributed by atoms with Crippen LogP contribution in [0.25, 0.3) is 0 Å². The zero-order valence-electron chi connectivity index (χ0n) is 24.6. The average Bonchev–Trinajstić information content (AvgIpc) is 2.98. The van der Waals surface area contributed by atoms with Gasteiger partial charge >= 0.3 is 0 Å². The fraction of sp³-hybridized carbons (Fsp3) is 0.273. The summed E-state index contributed by atoms with van der Waals surface area (Å²) < 4.78 is 3.22. The summed E-state index contributed by atoms with van der Waals surface area (Å²) in [5.74, 6) is 1.11. The molecular weight excluding hydrogens is 851 g/mol. The molecule has 4 rings (SSSR count). The highest BCUT2D eigenvalue weighted by molar-refractivity contribution is 9.15. The topological polar surface area (TPSA) is 80.9 Å². The van der Waals surface area contributed by atoms with Gasteiger partial charge in [0.25, 0.3) is 0 Å². The smallest absolute Gasteiger partial charge is 0.135 e. The maximum atomic E-state index is 9.59. The summed E-state index contributed by atoms with van der Waals surface area (Å²) >= 11 is 24.9. The lowest BCUT2D eigenvalue weighted by atomic mass is 10.0. The van der Waals surface area contributed by atoms with Crippen molar-refractivity contribution >= 4 is 86.9 Å². The first-order chi connectivity index (χ1) is 20.1. The van der Waals surface area contributed by atoms with Crippen LogP contribution >= 0.6 is 86.9 Å². The Labute approximate surface area is 298 Å². The number of rotatable bonds is 4. The van der Waals surface area contributed by atoms with Gasteiger partial charge in [-0.05, 0) is 151 Å². The summed E-state index contributed by atoms with van der Waals surface area (Å²) in [6.07, 6.45) is 4.65. The fourth-order valence-electron chi connectivity index (χ4n) is 3.52. The summed E-state index contributed by atoms with van der Waals surface area (Å²) in [6.45, 7) is 9.62. The van der Waals surface area contributed by atoms with Crippen LogP contribution < -0.4 is 0 Å². The number of para-hydroxylation sites is 1. The molecule has 0 atom stereocenters. The molecule has 0 amide bonds. The first-order valence-corrected chi connectivity index (χ1v) is 17.2. The number of phenols is 4. The average molecular weight is 887 g/mol. The van der Waals surface area contributed by atoms with E-state index in [-0.39, 0.29) is 11.5 Å². The Morgan fingerprint density at radius 3 is 1.72 bits per heavy atom. The number of halogens is 6. The molecule has 0 aliphatic heterocycles. The van der Waals surface area contributed by atoms with Gasteiger partial charge in [0.2, 0.25) is 0 Å². The van der Waals surface area contributed by atoms with Crippen LogP contribution in [0.2, 0.25) is 10.0 Å². The Morgan fingerprint density at radius 1 is 0.628 bits per heavy atom. The van der Waals surface area contributed by atoms with Crippen molar-refractivity contribution < 1.29 is 20.4 Å². The highest BCUT2D eigenvalue weighted by Crippen LogP contribution is 2.45. The van der Waals surface area contributed by atoms with E-state index in [9.17, 15) is 15.3 Å². The van der Waals surface area contributed by atoms with Crippen molar-refractivity contribution in [2.45, 2.75) is 60.3 Å². The van der Waals surface area contributed by atoms with Crippen molar-refractivity contribution in [1.82, 2.24) is 0 Å². The van der Waals surface area contributed by atoms with Gasteiger partial charge in [-0.2, -0.15) is 0 Å². The Kier molecular flexibility index (Phi) is 18.3. The maximum absolute atomic E-state index is 9.59. The van der Waals surface area contributed by atoms with E-state index < -0.39 is 0 Å². The highest BCUT2D eigenvalue weighted by atomic mass is 79.9. The van der Waals surface area contributed by atoms with E-state index in [0.717, 1.165) is 47.7 Å². The lowest BCUT2D eigenvalue weighted by Gasteiger charge is -2.09. The molecule has 234 valence electrons. The van der Waals surface area contributed by atoms with Crippen molar-refractivity contribution in [2.24, 2.45) is 0 Å². The fourth-order valence-corrected chi connectivity index (χ4v) is 6.17. The van der Waals surface area contributed by atoms with E-state index in [1.807, 2.05) is 39.0 Å². The monoisotopic (exact) mass is 882 g/mol. The van der Waals surface area contributed by atoms with Crippen LogP contribution in [0.5, 0.6) is 23.0 Å². The molecule has 4 aromatic carbocycles. The number of benzene rings is 4. The van der Waals surface area contributed by atoms with Gasteiger partial charge in [-0.15, -0.1) is 0 Å². The third kappa shape index (κ3) is 12.8. The molecule has 0 bridgehead atoms. The van der Waals surface area contributed by atoms with Gasteiger partial charge in [0.1, 0.15) is 23.0 Å². The van der Waals surface area contributed by atoms with Crippen LogP contribution in [0, 0.1) is 27.7 Å². The Hall–Kier alpha value is -1.42. The molecule has 4 nitrogen and oxygen atoms in total. The molecule has 0 fully saturated rings. The Bertz CT molecular complexity index is 1350. The minimum Gasteiger partial charge on any atom is -0.508 e. The molecule has 10 heteroatoms. The molecule has 4 aromatic rings. The standard InChI is InChI=1S/C12H18O.C8H8Cl2O.C7H4Br4O.C6H6O/c1-3-4-5-6-11-8-7-10(2)9-12(11)13;1-4-3-6(11)8(10)5(2)7(4)9;1-2-3(8)4(9)5(10)6(11)7(2)12;7-6-4-2-1-3-5-6/h7-9,13H,3-6H2,1-2H3;3,11H,1-2H3;12H,1H3;1-5,7H. The number of unbranched alkanes of at least 4 members (excludes halogenated alkanes) is 2. The number of hydrogen-bond acceptors (Lipinski definition) is 4. The van der Waals surface area contributed by atoms with Crippen LogP contribution in [0.1, 0.15) is 54.0 Å². The van der Waals surface area contributed by atoms with E-state index in [0.29, 0.717) is 26.0 Å². The molecule has 0 saturated carbocycles. The quantitative estimate of drug-likeness (QED) is 0.0935. The maximum Gasteiger partial charge on any atom is 0.135 e. The molecule has 0 heterocycles. The van der Waals surface area contributed by atoms with Crippen LogP contribution in [0.3, 0.4) is 0 Å². The van der Waals surface area contributed by atoms with Gasteiger partial charge in [-0.1, -0.05) is 73.3 Å². The minimum absolute atomic E-state index is 0.0890. The predicted molar refractivity (Wildman–Crippen MR) is 195 cm³/mol. The SMILES string of the molecule is CCCCCc1ccc(C)cc1O.Cc1c(O)c(Br)c(Br)c(Br)c1Br.Cc1cc(O)c(Cl)c(C)c1Cl.Oc1ccccc1. The molecule has 0 unspecified atom stereocenters. The first kappa shape index (κ1) is 39.6. The molecule has 43 heavy (non-hydrogen) atoms. The minimum atomic E-state index is 0.0890. The van der Waals surface area contributed by atoms with Gasteiger partial charge < -0.3 is 20.4 Å². The number of hydrogen-bond donors (Lipinski definition) is 4. The molecule has 0 aliphatic carbocycles. The lowest BCUT2D eigenvalue weighted by Crippen LogP contribution is -1.86. The van der Waals surface area contributed by atoms with Gasteiger partial charge in [0, 0.05) is 19.5 Å². The van der Waals surface area contributed by atoms with Gasteiger partial charge in [-0.25, -0.2) is 0 Å². The van der Waals surface area contributed by atoms with Crippen LogP contribution in [-0.2, 0) is 6.42 Å². The second-order valence-electron chi connectivity index (χ2n) is 9.62. The predicted octanol–water partition coefficient (Wildman–Crippen LogP) is 12.9. The molecule has 0 aliphatic rings. The van der Waals surface area contributed by atoms with Crippen molar-refractivity contribution in [3.8, 4) is 23.0 Å². The molecule has 0 aromatic heterocycles. The van der Waals surface area contributed by atoms with Crippen LogP contribution in [0.15, 0.2) is 72.5 Å². The third-order valence-corrected chi connectivity index (χ3v) is 12.1. The van der Waals surface area contributed by atoms with Crippen LogP contribution in [-0.4, -0.2) is 20.4 Å². The summed E-state index contributed by atoms with van der Waals surface area (Å²) in [7, 11) is 0. The lowest BCUT2D eigenvalue weighted by molar-refractivity contribution is 0.465. The first-order valence-electron chi connectivity index (χ1n) is 13.3. The number of phenolic OH excluding ortho intramolecular Hbond substituents is 4. The normalized spacial score (nSPS) is 10.0. The summed E-state index contributed by atoms with van der Waals surface area (Å²) in [5, 5.41) is 38.0. The zero-order valence-corrected chi connectivity index (χ0v) is 32.4. The van der Waals surface area contributed by atoms with Crippen molar-refractivity contribution in [3.63, 3.8) is 0 Å². The van der Waals surface area contributed by atoms with Crippen molar-refractivity contribution in [2.75, 3.05) is 0 Å². The third-order valence-electron chi connectivity index (χ3n) is 6.10. The second kappa shape index (κ2) is 19.9. The van der Waals surface area contributed by atoms with Gasteiger partial charge in [0.15, 0.2) is 0 Å². The van der Waals surface area contributed by atoms with E-state index >= 15 is 0 Å². The van der Waals surface area contributed by atoms with E-state index in [2.05, 4.69) is 76.7 Å². The zero-order chi connectivity index (χ0) is 32.9. The van der Waals surface area contributed by atoms with Gasteiger partial charge in [0.05, 0.1) is 14.0 Å². The van der Waals surface area contributed by atoms with Crippen molar-refractivity contribution in [1.29, 1.82) is 0 Å². The Morgan fingerprint density at radius 2 is 1.21 bits per heavy atom. The molecule has 0 saturated heterocycles. The summed E-state index contributed by atoms with van der Waals surface area (Å²) in [4.78, 5) is 0. The molecular formula is C33H36Br4Cl2O4. The highest BCUT2D eigenvalue weighted by Gasteiger charge is 2.15. The number of aromatic hydroxyl groups is 4. The molecule has 0 spiro atoms. The largest absolute Gasteiger partial charge is 0.508 e. The molecule has 0 radical (unpaired) electrons.